The fourth-order valence-electron chi connectivity index (χ4n) is 3.03. The quantitative estimate of drug-likeness (QED) is 0.817. The Balaban J connectivity index is 1.61. The highest BCUT2D eigenvalue weighted by Gasteiger charge is 2.32. The number of carbonyl (C=O) groups excluding carboxylic acids is 1. The number of rotatable bonds is 2. The van der Waals surface area contributed by atoms with Crippen LogP contribution in [0, 0.1) is 6.92 Å². The van der Waals surface area contributed by atoms with Crippen molar-refractivity contribution in [3.8, 4) is 0 Å². The predicted molar refractivity (Wildman–Crippen MR) is 73.1 cm³/mol. The van der Waals surface area contributed by atoms with Crippen LogP contribution >= 0.6 is 11.6 Å². The van der Waals surface area contributed by atoms with Crippen molar-refractivity contribution in [3.05, 3.63) is 16.9 Å². The van der Waals surface area contributed by atoms with Crippen molar-refractivity contribution in [2.45, 2.75) is 32.4 Å². The minimum Gasteiger partial charge on any atom is -0.338 e. The summed E-state index contributed by atoms with van der Waals surface area (Å²) >= 11 is 5.96. The SMILES string of the molecule is Cc1nn(CC(=O)N2CCN3CCCC3C2)cc1Cl. The molecule has 2 saturated heterocycles. The Morgan fingerprint density at radius 1 is 1.47 bits per heavy atom. The largest absolute Gasteiger partial charge is 0.338 e. The van der Waals surface area contributed by atoms with Gasteiger partial charge in [0.1, 0.15) is 6.54 Å². The topological polar surface area (TPSA) is 41.4 Å². The van der Waals surface area contributed by atoms with E-state index in [0.717, 1.165) is 25.3 Å². The van der Waals surface area contributed by atoms with Crippen molar-refractivity contribution >= 4 is 17.5 Å². The van der Waals surface area contributed by atoms with E-state index in [1.807, 2.05) is 11.8 Å². The van der Waals surface area contributed by atoms with Gasteiger partial charge >= 0.3 is 0 Å². The monoisotopic (exact) mass is 282 g/mol. The standard InChI is InChI=1S/C13H19ClN4O/c1-10-12(14)8-18(15-10)9-13(19)17-6-5-16-4-2-3-11(16)7-17/h8,11H,2-7,9H2,1H3. The Labute approximate surface area is 118 Å². The molecular formula is C13H19ClN4O. The van der Waals surface area contributed by atoms with Crippen LogP contribution in [-0.2, 0) is 11.3 Å². The van der Waals surface area contributed by atoms with Crippen LogP contribution in [0.15, 0.2) is 6.20 Å². The molecule has 1 amide bonds. The number of halogens is 1. The Hall–Kier alpha value is -1.07. The molecule has 3 heterocycles. The summed E-state index contributed by atoms with van der Waals surface area (Å²) in [4.78, 5) is 16.7. The van der Waals surface area contributed by atoms with Crippen molar-refractivity contribution in [1.29, 1.82) is 0 Å². The maximum atomic E-state index is 12.3. The lowest BCUT2D eigenvalue weighted by Gasteiger charge is -2.37. The molecule has 0 aliphatic carbocycles. The summed E-state index contributed by atoms with van der Waals surface area (Å²) in [6.07, 6.45) is 4.21. The molecule has 0 N–H and O–H groups in total. The molecule has 1 aromatic heterocycles. The van der Waals surface area contributed by atoms with Gasteiger partial charge in [0.25, 0.3) is 0 Å². The van der Waals surface area contributed by atoms with Crippen LogP contribution in [0.2, 0.25) is 5.02 Å². The lowest BCUT2D eigenvalue weighted by molar-refractivity contribution is -0.134. The Bertz CT molecular complexity index is 467. The molecular weight excluding hydrogens is 264 g/mol. The third-order valence-corrected chi connectivity index (χ3v) is 4.49. The minimum atomic E-state index is 0.144. The van der Waals surface area contributed by atoms with Crippen LogP contribution in [-0.4, -0.2) is 57.7 Å². The molecule has 5 nitrogen and oxygen atoms in total. The Morgan fingerprint density at radius 3 is 3.05 bits per heavy atom. The van der Waals surface area contributed by atoms with Gasteiger partial charge in [-0.3, -0.25) is 14.4 Å². The fourth-order valence-corrected chi connectivity index (χ4v) is 3.18. The van der Waals surface area contributed by atoms with E-state index in [0.29, 0.717) is 17.6 Å². The predicted octanol–water partition coefficient (Wildman–Crippen LogP) is 1.15. The van der Waals surface area contributed by atoms with Crippen LogP contribution < -0.4 is 0 Å². The molecule has 1 atom stereocenters. The van der Waals surface area contributed by atoms with Crippen LogP contribution in [0.25, 0.3) is 0 Å². The lowest BCUT2D eigenvalue weighted by Crippen LogP contribution is -2.52. The number of aromatic nitrogens is 2. The number of carbonyl (C=O) groups is 1. The van der Waals surface area contributed by atoms with E-state index in [9.17, 15) is 4.79 Å². The normalized spacial score (nSPS) is 23.7. The number of aryl methyl sites for hydroxylation is 1. The summed E-state index contributed by atoms with van der Waals surface area (Å²) in [6.45, 7) is 6.05. The van der Waals surface area contributed by atoms with E-state index in [2.05, 4.69) is 10.00 Å². The third kappa shape index (κ3) is 2.62. The summed E-state index contributed by atoms with van der Waals surface area (Å²) in [5, 5.41) is 4.86. The summed E-state index contributed by atoms with van der Waals surface area (Å²) < 4.78 is 1.64. The molecule has 2 aliphatic rings. The molecule has 1 unspecified atom stereocenters. The average molecular weight is 283 g/mol. The first-order chi connectivity index (χ1) is 9.13. The van der Waals surface area contributed by atoms with E-state index in [1.165, 1.54) is 19.4 Å². The summed E-state index contributed by atoms with van der Waals surface area (Å²) in [6, 6.07) is 0.570. The van der Waals surface area contributed by atoms with E-state index in [1.54, 1.807) is 10.9 Å². The highest BCUT2D eigenvalue weighted by atomic mass is 35.5. The van der Waals surface area contributed by atoms with E-state index >= 15 is 0 Å². The lowest BCUT2D eigenvalue weighted by atomic mass is 10.1. The fraction of sp³-hybridized carbons (Fsp3) is 0.692. The zero-order valence-electron chi connectivity index (χ0n) is 11.2. The molecule has 0 saturated carbocycles. The van der Waals surface area contributed by atoms with Crippen molar-refractivity contribution in [1.82, 2.24) is 19.6 Å². The molecule has 3 rings (SSSR count). The molecule has 0 bridgehead atoms. The van der Waals surface area contributed by atoms with Crippen LogP contribution in [0.5, 0.6) is 0 Å². The number of nitrogens with zero attached hydrogens (tertiary/aromatic N) is 4. The van der Waals surface area contributed by atoms with Crippen molar-refractivity contribution in [2.75, 3.05) is 26.2 Å². The van der Waals surface area contributed by atoms with E-state index in [-0.39, 0.29) is 5.91 Å². The molecule has 19 heavy (non-hydrogen) atoms. The number of hydrogen-bond donors (Lipinski definition) is 0. The van der Waals surface area contributed by atoms with Gasteiger partial charge in [0, 0.05) is 31.9 Å². The first kappa shape index (κ1) is 12.9. The highest BCUT2D eigenvalue weighted by Crippen LogP contribution is 2.21. The molecule has 0 radical (unpaired) electrons. The Morgan fingerprint density at radius 2 is 2.32 bits per heavy atom. The number of fused-ring (bicyclic) bond motifs is 1. The highest BCUT2D eigenvalue weighted by molar-refractivity contribution is 6.31. The second kappa shape index (κ2) is 5.13. The van der Waals surface area contributed by atoms with Crippen LogP contribution in [0.4, 0.5) is 0 Å². The zero-order chi connectivity index (χ0) is 13.4. The second-order valence-electron chi connectivity index (χ2n) is 5.43. The average Bonchev–Trinajstić information content (AvgIpc) is 2.96. The van der Waals surface area contributed by atoms with Crippen molar-refractivity contribution < 1.29 is 4.79 Å². The van der Waals surface area contributed by atoms with Gasteiger partial charge in [0.05, 0.1) is 10.7 Å². The summed E-state index contributed by atoms with van der Waals surface area (Å²) in [5.41, 5.74) is 0.773. The molecule has 0 spiro atoms. The summed E-state index contributed by atoms with van der Waals surface area (Å²) in [7, 11) is 0. The van der Waals surface area contributed by atoms with E-state index < -0.39 is 0 Å². The molecule has 0 aromatic carbocycles. The summed E-state index contributed by atoms with van der Waals surface area (Å²) in [5.74, 6) is 0.144. The smallest absolute Gasteiger partial charge is 0.244 e. The van der Waals surface area contributed by atoms with Crippen LogP contribution in [0.3, 0.4) is 0 Å². The molecule has 2 aliphatic heterocycles. The number of piperazine rings is 1. The van der Waals surface area contributed by atoms with Gasteiger partial charge in [-0.15, -0.1) is 0 Å². The van der Waals surface area contributed by atoms with Gasteiger partial charge in [-0.2, -0.15) is 5.10 Å². The first-order valence-electron chi connectivity index (χ1n) is 6.85. The maximum absolute atomic E-state index is 12.3. The molecule has 2 fully saturated rings. The number of amides is 1. The maximum Gasteiger partial charge on any atom is 0.244 e. The van der Waals surface area contributed by atoms with Gasteiger partial charge in [0.2, 0.25) is 5.91 Å². The number of hydrogen-bond acceptors (Lipinski definition) is 3. The second-order valence-corrected chi connectivity index (χ2v) is 5.84. The van der Waals surface area contributed by atoms with Gasteiger partial charge in [0.15, 0.2) is 0 Å². The minimum absolute atomic E-state index is 0.144. The molecule has 6 heteroatoms. The van der Waals surface area contributed by atoms with Gasteiger partial charge < -0.3 is 4.90 Å². The van der Waals surface area contributed by atoms with Crippen molar-refractivity contribution in [3.63, 3.8) is 0 Å². The Kier molecular flexibility index (Phi) is 3.50. The third-order valence-electron chi connectivity index (χ3n) is 4.12. The van der Waals surface area contributed by atoms with Crippen LogP contribution in [0.1, 0.15) is 18.5 Å². The van der Waals surface area contributed by atoms with Gasteiger partial charge in [-0.25, -0.2) is 0 Å². The zero-order valence-corrected chi connectivity index (χ0v) is 11.9. The van der Waals surface area contributed by atoms with Gasteiger partial charge in [-0.1, -0.05) is 11.6 Å². The molecule has 104 valence electrons. The van der Waals surface area contributed by atoms with E-state index in [4.69, 9.17) is 11.6 Å². The van der Waals surface area contributed by atoms with Crippen molar-refractivity contribution in [2.24, 2.45) is 0 Å². The molecule has 1 aromatic rings. The first-order valence-corrected chi connectivity index (χ1v) is 7.22. The van der Waals surface area contributed by atoms with Gasteiger partial charge in [-0.05, 0) is 26.3 Å².